The predicted octanol–water partition coefficient (Wildman–Crippen LogP) is 3.63. The van der Waals surface area contributed by atoms with Crippen LogP contribution in [-0.4, -0.2) is 24.0 Å². The molecule has 0 saturated carbocycles. The largest absolute Gasteiger partial charge is 0.479 e. The molecule has 0 amide bonds. The molecule has 3 rings (SSSR count). The average molecular weight is 363 g/mol. The Labute approximate surface area is 158 Å². The SMILES string of the molecule is C[C@H](Oc1ccc(C#N)cc1)C(=O)O[C@@H](C)C(=O)c1ccc2c(c1)CCC2. The van der Waals surface area contributed by atoms with Crippen LogP contribution < -0.4 is 4.74 Å². The van der Waals surface area contributed by atoms with Crippen molar-refractivity contribution in [2.24, 2.45) is 0 Å². The molecule has 0 aliphatic heterocycles. The average Bonchev–Trinajstić information content (AvgIpc) is 3.15. The number of hydrogen-bond acceptors (Lipinski definition) is 5. The highest BCUT2D eigenvalue weighted by molar-refractivity contribution is 6.00. The zero-order chi connectivity index (χ0) is 19.4. The Hall–Kier alpha value is -3.13. The topological polar surface area (TPSA) is 76.4 Å². The maximum absolute atomic E-state index is 12.6. The highest BCUT2D eigenvalue weighted by Gasteiger charge is 2.25. The molecule has 2 atom stereocenters. The van der Waals surface area contributed by atoms with Gasteiger partial charge < -0.3 is 9.47 Å². The van der Waals surface area contributed by atoms with E-state index in [9.17, 15) is 9.59 Å². The number of nitrogens with zero attached hydrogens (tertiary/aromatic N) is 1. The molecule has 0 unspecified atom stereocenters. The maximum atomic E-state index is 12.6. The van der Waals surface area contributed by atoms with Crippen LogP contribution in [0.3, 0.4) is 0 Å². The van der Waals surface area contributed by atoms with Crippen LogP contribution >= 0.6 is 0 Å². The molecule has 0 radical (unpaired) electrons. The lowest BCUT2D eigenvalue weighted by Gasteiger charge is -2.17. The number of aryl methyl sites for hydroxylation is 2. The summed E-state index contributed by atoms with van der Waals surface area (Å²) in [5.41, 5.74) is 3.57. The van der Waals surface area contributed by atoms with E-state index in [-0.39, 0.29) is 5.78 Å². The first kappa shape index (κ1) is 18.7. The number of nitriles is 1. The van der Waals surface area contributed by atoms with Gasteiger partial charge in [0.25, 0.3) is 0 Å². The Bertz CT molecular complexity index is 896. The number of ketones is 1. The van der Waals surface area contributed by atoms with Crippen LogP contribution in [0.2, 0.25) is 0 Å². The van der Waals surface area contributed by atoms with Gasteiger partial charge in [-0.3, -0.25) is 4.79 Å². The highest BCUT2D eigenvalue weighted by atomic mass is 16.6. The lowest BCUT2D eigenvalue weighted by atomic mass is 10.0. The van der Waals surface area contributed by atoms with Gasteiger partial charge in [-0.05, 0) is 74.6 Å². The Morgan fingerprint density at radius 1 is 1.00 bits per heavy atom. The number of Topliss-reactive ketones (excluding diaryl/α,β-unsaturated/α-hetero) is 1. The predicted molar refractivity (Wildman–Crippen MR) is 99.6 cm³/mol. The first-order valence-corrected chi connectivity index (χ1v) is 9.01. The van der Waals surface area contributed by atoms with Gasteiger partial charge in [0.2, 0.25) is 5.78 Å². The van der Waals surface area contributed by atoms with Crippen molar-refractivity contribution in [2.45, 2.75) is 45.3 Å². The smallest absolute Gasteiger partial charge is 0.347 e. The van der Waals surface area contributed by atoms with Gasteiger partial charge in [0, 0.05) is 5.56 Å². The van der Waals surface area contributed by atoms with E-state index in [0.717, 1.165) is 19.3 Å². The van der Waals surface area contributed by atoms with E-state index in [1.54, 1.807) is 44.2 Å². The molecule has 0 aromatic heterocycles. The van der Waals surface area contributed by atoms with Gasteiger partial charge in [0.15, 0.2) is 12.2 Å². The van der Waals surface area contributed by atoms with Gasteiger partial charge in [-0.1, -0.05) is 12.1 Å². The van der Waals surface area contributed by atoms with Gasteiger partial charge in [-0.15, -0.1) is 0 Å². The number of hydrogen-bond donors (Lipinski definition) is 0. The highest BCUT2D eigenvalue weighted by Crippen LogP contribution is 2.23. The van der Waals surface area contributed by atoms with E-state index in [2.05, 4.69) is 0 Å². The van der Waals surface area contributed by atoms with Crippen molar-refractivity contribution >= 4 is 11.8 Å². The quantitative estimate of drug-likeness (QED) is 0.579. The molecule has 5 nitrogen and oxygen atoms in total. The summed E-state index contributed by atoms with van der Waals surface area (Å²) in [5, 5.41) is 8.80. The zero-order valence-electron chi connectivity index (χ0n) is 15.4. The second-order valence-electron chi connectivity index (χ2n) is 6.68. The minimum absolute atomic E-state index is 0.219. The molecule has 0 heterocycles. The van der Waals surface area contributed by atoms with Crippen molar-refractivity contribution in [3.05, 3.63) is 64.7 Å². The van der Waals surface area contributed by atoms with Crippen LogP contribution in [0, 0.1) is 11.3 Å². The second-order valence-corrected chi connectivity index (χ2v) is 6.68. The van der Waals surface area contributed by atoms with Crippen molar-refractivity contribution in [2.75, 3.05) is 0 Å². The Balaban J connectivity index is 1.58. The Kier molecular flexibility index (Phi) is 5.56. The van der Waals surface area contributed by atoms with E-state index < -0.39 is 18.2 Å². The normalized spacial score (nSPS) is 14.6. The molecule has 2 aromatic rings. The Morgan fingerprint density at radius 2 is 1.70 bits per heavy atom. The van der Waals surface area contributed by atoms with E-state index in [1.165, 1.54) is 11.1 Å². The lowest BCUT2D eigenvalue weighted by molar-refractivity contribution is -0.153. The summed E-state index contributed by atoms with van der Waals surface area (Å²) in [6.07, 6.45) is 1.40. The molecule has 2 aromatic carbocycles. The number of carbonyl (C=O) groups is 2. The van der Waals surface area contributed by atoms with E-state index in [1.807, 2.05) is 18.2 Å². The van der Waals surface area contributed by atoms with Crippen molar-refractivity contribution in [1.82, 2.24) is 0 Å². The lowest BCUT2D eigenvalue weighted by Crippen LogP contribution is -2.32. The molecule has 0 spiro atoms. The minimum atomic E-state index is -0.885. The molecular weight excluding hydrogens is 342 g/mol. The van der Waals surface area contributed by atoms with Crippen LogP contribution in [0.4, 0.5) is 0 Å². The van der Waals surface area contributed by atoms with E-state index >= 15 is 0 Å². The summed E-state index contributed by atoms with van der Waals surface area (Å²) < 4.78 is 10.8. The van der Waals surface area contributed by atoms with Crippen molar-refractivity contribution < 1.29 is 19.1 Å². The molecule has 0 bridgehead atoms. The maximum Gasteiger partial charge on any atom is 0.347 e. The van der Waals surface area contributed by atoms with Crippen LogP contribution in [-0.2, 0) is 22.4 Å². The third kappa shape index (κ3) is 4.35. The Morgan fingerprint density at radius 3 is 2.41 bits per heavy atom. The number of benzene rings is 2. The molecule has 138 valence electrons. The van der Waals surface area contributed by atoms with Crippen LogP contribution in [0.5, 0.6) is 5.75 Å². The molecule has 1 aliphatic carbocycles. The molecule has 5 heteroatoms. The molecule has 27 heavy (non-hydrogen) atoms. The first-order chi connectivity index (χ1) is 13.0. The molecule has 0 N–H and O–H groups in total. The number of carbonyl (C=O) groups excluding carboxylic acids is 2. The first-order valence-electron chi connectivity index (χ1n) is 9.01. The fraction of sp³-hybridized carbons (Fsp3) is 0.318. The fourth-order valence-corrected chi connectivity index (χ4v) is 3.14. The van der Waals surface area contributed by atoms with Crippen molar-refractivity contribution in [3.8, 4) is 11.8 Å². The van der Waals surface area contributed by atoms with Gasteiger partial charge >= 0.3 is 5.97 Å². The van der Waals surface area contributed by atoms with E-state index in [4.69, 9.17) is 14.7 Å². The summed E-state index contributed by atoms with van der Waals surface area (Å²) in [4.78, 5) is 24.8. The molecular formula is C22H21NO4. The van der Waals surface area contributed by atoms with Crippen LogP contribution in [0.25, 0.3) is 0 Å². The summed E-state index contributed by atoms with van der Waals surface area (Å²) in [7, 11) is 0. The standard InChI is InChI=1S/C22H21NO4/c1-14(21(24)19-9-8-17-4-3-5-18(17)12-19)27-22(25)15(2)26-20-10-6-16(13-23)7-11-20/h6-12,14-15H,3-5H2,1-2H3/t14-,15-/m0/s1. The summed E-state index contributed by atoms with van der Waals surface area (Å²) in [5.74, 6) is -0.374. The number of ether oxygens (including phenoxy) is 2. The minimum Gasteiger partial charge on any atom is -0.479 e. The second kappa shape index (κ2) is 8.05. The van der Waals surface area contributed by atoms with Gasteiger partial charge in [-0.2, -0.15) is 5.26 Å². The van der Waals surface area contributed by atoms with Crippen LogP contribution in [0.1, 0.15) is 47.3 Å². The van der Waals surface area contributed by atoms with E-state index in [0.29, 0.717) is 16.9 Å². The van der Waals surface area contributed by atoms with Crippen molar-refractivity contribution in [3.63, 3.8) is 0 Å². The number of fused-ring (bicyclic) bond motifs is 1. The molecule has 0 saturated heterocycles. The summed E-state index contributed by atoms with van der Waals surface area (Å²) in [6, 6.07) is 14.1. The number of rotatable bonds is 6. The van der Waals surface area contributed by atoms with Crippen molar-refractivity contribution in [1.29, 1.82) is 5.26 Å². The molecule has 0 fully saturated rings. The van der Waals surface area contributed by atoms with Gasteiger partial charge in [0.05, 0.1) is 11.6 Å². The summed E-state index contributed by atoms with van der Waals surface area (Å²) in [6.45, 7) is 3.13. The third-order valence-corrected chi connectivity index (χ3v) is 4.67. The van der Waals surface area contributed by atoms with Gasteiger partial charge in [0.1, 0.15) is 5.75 Å². The third-order valence-electron chi connectivity index (χ3n) is 4.67. The monoisotopic (exact) mass is 363 g/mol. The van der Waals surface area contributed by atoms with Crippen LogP contribution in [0.15, 0.2) is 42.5 Å². The zero-order valence-corrected chi connectivity index (χ0v) is 15.4. The van der Waals surface area contributed by atoms with Gasteiger partial charge in [-0.25, -0.2) is 4.79 Å². The number of esters is 1. The fourth-order valence-electron chi connectivity index (χ4n) is 3.14. The molecule has 1 aliphatic rings. The summed E-state index contributed by atoms with van der Waals surface area (Å²) >= 11 is 0.